The van der Waals surface area contributed by atoms with Crippen molar-refractivity contribution in [1.82, 2.24) is 0 Å². The number of phenolic OH excluding ortho intramolecular Hbond substituents is 1. The maximum absolute atomic E-state index is 12.3. The molecule has 0 spiro atoms. The van der Waals surface area contributed by atoms with Crippen LogP contribution in [0.4, 0.5) is 0 Å². The fourth-order valence-electron chi connectivity index (χ4n) is 3.71. The van der Waals surface area contributed by atoms with Gasteiger partial charge in [0, 0.05) is 0 Å². The maximum Gasteiger partial charge on any atom is 0.163 e. The number of allylic oxidation sites excluding steroid dienone is 1. The SMILES string of the molecule is CCCC1=C([C@H](O)CC/C(=C/c2cccc(O)c2)CC)[C@H](CO)S(=O)(=O)C1. The fraction of sp³-hybridized carbons (Fsp3) is 0.524. The van der Waals surface area contributed by atoms with E-state index in [2.05, 4.69) is 0 Å². The Morgan fingerprint density at radius 2 is 2.07 bits per heavy atom. The molecule has 0 aromatic heterocycles. The quantitative estimate of drug-likeness (QED) is 0.559. The van der Waals surface area contributed by atoms with Gasteiger partial charge in [0.2, 0.25) is 0 Å². The van der Waals surface area contributed by atoms with Crippen LogP contribution in [0.2, 0.25) is 0 Å². The second-order valence-corrected chi connectivity index (χ2v) is 9.28. The van der Waals surface area contributed by atoms with Gasteiger partial charge in [-0.15, -0.1) is 0 Å². The van der Waals surface area contributed by atoms with Crippen LogP contribution < -0.4 is 0 Å². The summed E-state index contributed by atoms with van der Waals surface area (Å²) in [7, 11) is -3.43. The Morgan fingerprint density at radius 1 is 1.33 bits per heavy atom. The number of hydrogen-bond donors (Lipinski definition) is 3. The van der Waals surface area contributed by atoms with Crippen LogP contribution in [-0.4, -0.2) is 47.5 Å². The molecule has 6 heteroatoms. The first-order valence-electron chi connectivity index (χ1n) is 9.53. The van der Waals surface area contributed by atoms with Gasteiger partial charge < -0.3 is 15.3 Å². The zero-order valence-corrected chi connectivity index (χ0v) is 16.9. The lowest BCUT2D eigenvalue weighted by molar-refractivity contribution is 0.188. The summed E-state index contributed by atoms with van der Waals surface area (Å²) in [5, 5.41) is 28.9. The van der Waals surface area contributed by atoms with Crippen LogP contribution in [0.1, 0.15) is 51.5 Å². The minimum absolute atomic E-state index is 0.0573. The average molecular weight is 395 g/mol. The van der Waals surface area contributed by atoms with Gasteiger partial charge in [-0.1, -0.05) is 49.6 Å². The third-order valence-electron chi connectivity index (χ3n) is 5.07. The molecule has 1 aromatic rings. The van der Waals surface area contributed by atoms with Gasteiger partial charge in [-0.25, -0.2) is 8.42 Å². The predicted octanol–water partition coefficient (Wildman–Crippen LogP) is 3.21. The molecule has 3 N–H and O–H groups in total. The molecule has 0 amide bonds. The number of rotatable bonds is 9. The molecule has 0 bridgehead atoms. The van der Waals surface area contributed by atoms with E-state index in [1.165, 1.54) is 0 Å². The summed E-state index contributed by atoms with van der Waals surface area (Å²) in [6.07, 6.45) is 4.37. The van der Waals surface area contributed by atoms with E-state index in [1.54, 1.807) is 18.2 Å². The van der Waals surface area contributed by atoms with Gasteiger partial charge >= 0.3 is 0 Å². The van der Waals surface area contributed by atoms with Crippen molar-refractivity contribution in [1.29, 1.82) is 0 Å². The molecule has 0 unspecified atom stereocenters. The highest BCUT2D eigenvalue weighted by Gasteiger charge is 2.40. The number of hydrogen-bond acceptors (Lipinski definition) is 5. The van der Waals surface area contributed by atoms with Crippen molar-refractivity contribution in [3.63, 3.8) is 0 Å². The molecule has 1 heterocycles. The predicted molar refractivity (Wildman–Crippen MR) is 108 cm³/mol. The zero-order valence-electron chi connectivity index (χ0n) is 16.1. The van der Waals surface area contributed by atoms with Gasteiger partial charge in [0.1, 0.15) is 11.0 Å². The number of aliphatic hydroxyl groups is 2. The van der Waals surface area contributed by atoms with E-state index in [4.69, 9.17) is 0 Å². The zero-order chi connectivity index (χ0) is 20.0. The first kappa shape index (κ1) is 21.7. The molecular weight excluding hydrogens is 364 g/mol. The third-order valence-corrected chi connectivity index (χ3v) is 7.10. The minimum atomic E-state index is -3.43. The highest BCUT2D eigenvalue weighted by molar-refractivity contribution is 7.92. The number of benzene rings is 1. The Hall–Kier alpha value is -1.63. The molecule has 1 aliphatic heterocycles. The molecule has 0 saturated carbocycles. The van der Waals surface area contributed by atoms with Crippen LogP contribution >= 0.6 is 0 Å². The summed E-state index contributed by atoms with van der Waals surface area (Å²) in [5.74, 6) is 0.147. The van der Waals surface area contributed by atoms with E-state index in [-0.39, 0.29) is 11.5 Å². The Kier molecular flexibility index (Phi) is 7.65. The van der Waals surface area contributed by atoms with Crippen molar-refractivity contribution in [3.05, 3.63) is 46.5 Å². The van der Waals surface area contributed by atoms with E-state index < -0.39 is 27.8 Å². The smallest absolute Gasteiger partial charge is 0.163 e. The van der Waals surface area contributed by atoms with Crippen molar-refractivity contribution in [2.45, 2.75) is 57.3 Å². The first-order valence-corrected chi connectivity index (χ1v) is 11.2. The van der Waals surface area contributed by atoms with E-state index in [0.717, 1.165) is 29.6 Å². The van der Waals surface area contributed by atoms with E-state index in [1.807, 2.05) is 26.0 Å². The van der Waals surface area contributed by atoms with Crippen molar-refractivity contribution < 1.29 is 23.7 Å². The molecule has 5 nitrogen and oxygen atoms in total. The molecule has 1 aliphatic rings. The summed E-state index contributed by atoms with van der Waals surface area (Å²) in [5.41, 5.74) is 3.27. The summed E-state index contributed by atoms with van der Waals surface area (Å²) < 4.78 is 24.6. The third kappa shape index (κ3) is 5.43. The highest BCUT2D eigenvalue weighted by atomic mass is 32.2. The van der Waals surface area contributed by atoms with E-state index in [0.29, 0.717) is 24.8 Å². The number of aromatic hydroxyl groups is 1. The van der Waals surface area contributed by atoms with Gasteiger partial charge in [0.05, 0.1) is 18.5 Å². The van der Waals surface area contributed by atoms with Crippen LogP contribution in [0.15, 0.2) is 41.0 Å². The Bertz CT molecular complexity index is 808. The Labute approximate surface area is 162 Å². The largest absolute Gasteiger partial charge is 0.508 e. The molecule has 27 heavy (non-hydrogen) atoms. The monoisotopic (exact) mass is 394 g/mol. The molecule has 0 saturated heterocycles. The van der Waals surface area contributed by atoms with Gasteiger partial charge in [-0.3, -0.25) is 0 Å². The van der Waals surface area contributed by atoms with Crippen LogP contribution in [0.5, 0.6) is 5.75 Å². The molecule has 150 valence electrons. The second-order valence-electron chi connectivity index (χ2n) is 7.09. The van der Waals surface area contributed by atoms with E-state index in [9.17, 15) is 23.7 Å². The normalized spacial score (nSPS) is 20.9. The van der Waals surface area contributed by atoms with Crippen molar-refractivity contribution >= 4 is 15.9 Å². The number of phenols is 1. The lowest BCUT2D eigenvalue weighted by Crippen LogP contribution is -2.29. The van der Waals surface area contributed by atoms with Gasteiger partial charge in [0.15, 0.2) is 9.84 Å². The van der Waals surface area contributed by atoms with Gasteiger partial charge in [-0.05, 0) is 49.0 Å². The number of sulfone groups is 1. The topological polar surface area (TPSA) is 94.8 Å². The lowest BCUT2D eigenvalue weighted by atomic mass is 9.93. The summed E-state index contributed by atoms with van der Waals surface area (Å²) in [6.45, 7) is 3.52. The maximum atomic E-state index is 12.3. The fourth-order valence-corrected chi connectivity index (χ4v) is 5.64. The van der Waals surface area contributed by atoms with Crippen molar-refractivity contribution in [2.24, 2.45) is 0 Å². The minimum Gasteiger partial charge on any atom is -0.508 e. The summed E-state index contributed by atoms with van der Waals surface area (Å²) in [4.78, 5) is 0. The Morgan fingerprint density at radius 3 is 2.67 bits per heavy atom. The molecule has 0 fully saturated rings. The summed E-state index contributed by atoms with van der Waals surface area (Å²) in [6, 6.07) is 6.97. The highest BCUT2D eigenvalue weighted by Crippen LogP contribution is 2.34. The molecule has 2 rings (SSSR count). The number of aliphatic hydroxyl groups excluding tert-OH is 2. The summed E-state index contributed by atoms with van der Waals surface area (Å²) >= 11 is 0. The van der Waals surface area contributed by atoms with Crippen LogP contribution in [0, 0.1) is 0 Å². The van der Waals surface area contributed by atoms with Crippen LogP contribution in [0.25, 0.3) is 6.08 Å². The van der Waals surface area contributed by atoms with Crippen molar-refractivity contribution in [2.75, 3.05) is 12.4 Å². The second kappa shape index (κ2) is 9.53. The lowest BCUT2D eigenvalue weighted by Gasteiger charge is -2.19. The molecular formula is C21H30O5S. The van der Waals surface area contributed by atoms with Crippen LogP contribution in [-0.2, 0) is 9.84 Å². The Balaban J connectivity index is 2.16. The molecule has 0 radical (unpaired) electrons. The molecule has 2 atom stereocenters. The van der Waals surface area contributed by atoms with E-state index >= 15 is 0 Å². The average Bonchev–Trinajstić information content (AvgIpc) is 2.88. The van der Waals surface area contributed by atoms with Gasteiger partial charge in [0.25, 0.3) is 0 Å². The standard InChI is InChI=1S/C21H30O5S/c1-3-6-17-14-27(25,26)20(13-22)21(17)19(24)10-9-15(4-2)11-16-7-5-8-18(23)12-16/h5,7-8,11-12,19-20,22-24H,3-4,6,9-10,13-14H2,1-2H3/b15-11+/t19-,20+/m1/s1. The van der Waals surface area contributed by atoms with Crippen LogP contribution in [0.3, 0.4) is 0 Å². The molecule has 0 aliphatic carbocycles. The van der Waals surface area contributed by atoms with Gasteiger partial charge in [-0.2, -0.15) is 0 Å². The first-order chi connectivity index (χ1) is 12.8. The molecule has 1 aromatic carbocycles. The van der Waals surface area contributed by atoms with Crippen molar-refractivity contribution in [3.8, 4) is 5.75 Å².